The van der Waals surface area contributed by atoms with Crippen LogP contribution < -0.4 is 15.1 Å². The lowest BCUT2D eigenvalue weighted by atomic mass is 10.1. The maximum Gasteiger partial charge on any atom is 0.406 e. The van der Waals surface area contributed by atoms with E-state index in [4.69, 9.17) is 9.84 Å². The standard InChI is InChI=1S/C19H21F4N3O5/c1-31-17-14-11(16(28)12(18(29)30)9-26(14)10-19(21,22)23)8-13(20)15(17)25-4-2-24(3-5-25)6-7-27/h8-9,27H,2-7,10H2,1H3,(H,29,30). The molecule has 1 aromatic carbocycles. The Balaban J connectivity index is 2.23. The number of aromatic nitrogens is 1. The summed E-state index contributed by atoms with van der Waals surface area (Å²) in [5.41, 5.74) is -2.43. The van der Waals surface area contributed by atoms with Gasteiger partial charge < -0.3 is 24.4 Å². The highest BCUT2D eigenvalue weighted by molar-refractivity contribution is 5.97. The molecule has 170 valence electrons. The quantitative estimate of drug-likeness (QED) is 0.649. The highest BCUT2D eigenvalue weighted by Crippen LogP contribution is 2.39. The van der Waals surface area contributed by atoms with Crippen LogP contribution >= 0.6 is 0 Å². The van der Waals surface area contributed by atoms with Crippen molar-refractivity contribution in [1.29, 1.82) is 0 Å². The molecule has 0 unspecified atom stereocenters. The Morgan fingerprint density at radius 1 is 1.23 bits per heavy atom. The molecule has 0 aliphatic carbocycles. The Morgan fingerprint density at radius 2 is 1.87 bits per heavy atom. The van der Waals surface area contributed by atoms with E-state index in [2.05, 4.69) is 0 Å². The average molecular weight is 447 g/mol. The number of alkyl halides is 3. The zero-order chi connectivity index (χ0) is 22.9. The van der Waals surface area contributed by atoms with Gasteiger partial charge in [-0.1, -0.05) is 0 Å². The Bertz CT molecular complexity index is 1050. The molecule has 0 amide bonds. The van der Waals surface area contributed by atoms with E-state index in [-0.39, 0.29) is 23.6 Å². The number of halogens is 4. The Hall–Kier alpha value is -2.86. The Labute approximate surface area is 173 Å². The molecule has 1 saturated heterocycles. The lowest BCUT2D eigenvalue weighted by Crippen LogP contribution is -2.47. The minimum absolute atomic E-state index is 0.0384. The van der Waals surface area contributed by atoms with Gasteiger partial charge in [0.1, 0.15) is 17.8 Å². The van der Waals surface area contributed by atoms with Crippen LogP contribution in [-0.2, 0) is 6.54 Å². The van der Waals surface area contributed by atoms with Crippen molar-refractivity contribution >= 4 is 22.6 Å². The normalized spacial score (nSPS) is 15.5. The fourth-order valence-electron chi connectivity index (χ4n) is 3.78. The van der Waals surface area contributed by atoms with Gasteiger partial charge in [-0.2, -0.15) is 13.2 Å². The number of methoxy groups -OCH3 is 1. The van der Waals surface area contributed by atoms with Crippen molar-refractivity contribution in [2.75, 3.05) is 51.3 Å². The molecule has 0 radical (unpaired) electrons. The van der Waals surface area contributed by atoms with Gasteiger partial charge in [0, 0.05) is 38.9 Å². The third-order valence-electron chi connectivity index (χ3n) is 5.13. The number of carboxylic acid groups (broad SMARTS) is 1. The number of piperazine rings is 1. The topological polar surface area (TPSA) is 95.2 Å². The van der Waals surface area contributed by atoms with E-state index in [0.29, 0.717) is 43.5 Å². The lowest BCUT2D eigenvalue weighted by molar-refractivity contribution is -0.140. The molecule has 8 nitrogen and oxygen atoms in total. The molecule has 3 rings (SSSR count). The monoisotopic (exact) mass is 447 g/mol. The van der Waals surface area contributed by atoms with E-state index in [9.17, 15) is 27.9 Å². The van der Waals surface area contributed by atoms with Gasteiger partial charge in [-0.3, -0.25) is 9.69 Å². The fraction of sp³-hybridized carbons (Fsp3) is 0.474. The highest BCUT2D eigenvalue weighted by atomic mass is 19.4. The van der Waals surface area contributed by atoms with Crippen LogP contribution in [0.15, 0.2) is 17.1 Å². The van der Waals surface area contributed by atoms with Gasteiger partial charge in [0.25, 0.3) is 0 Å². The number of carboxylic acids is 1. The molecule has 2 N–H and O–H groups in total. The van der Waals surface area contributed by atoms with E-state index in [1.54, 1.807) is 4.90 Å². The Morgan fingerprint density at radius 3 is 2.39 bits per heavy atom. The van der Waals surface area contributed by atoms with Crippen LogP contribution in [0.25, 0.3) is 10.9 Å². The molecule has 12 heteroatoms. The fourth-order valence-corrected chi connectivity index (χ4v) is 3.78. The van der Waals surface area contributed by atoms with Crippen LogP contribution in [0, 0.1) is 5.82 Å². The predicted molar refractivity (Wildman–Crippen MR) is 103 cm³/mol. The van der Waals surface area contributed by atoms with E-state index in [0.717, 1.165) is 13.2 Å². The average Bonchev–Trinajstić information content (AvgIpc) is 2.69. The number of nitrogens with zero attached hydrogens (tertiary/aromatic N) is 3. The van der Waals surface area contributed by atoms with Gasteiger partial charge >= 0.3 is 12.1 Å². The van der Waals surface area contributed by atoms with E-state index in [1.165, 1.54) is 0 Å². The second kappa shape index (κ2) is 8.71. The van der Waals surface area contributed by atoms with Crippen LogP contribution in [0.1, 0.15) is 10.4 Å². The van der Waals surface area contributed by atoms with Crippen molar-refractivity contribution in [3.63, 3.8) is 0 Å². The van der Waals surface area contributed by atoms with Gasteiger partial charge in [-0.05, 0) is 6.07 Å². The number of rotatable bonds is 6. The number of fused-ring (bicyclic) bond motifs is 1. The third-order valence-corrected chi connectivity index (χ3v) is 5.13. The first kappa shape index (κ1) is 22.8. The summed E-state index contributed by atoms with van der Waals surface area (Å²) in [5, 5.41) is 17.8. The number of aromatic carboxylic acids is 1. The van der Waals surface area contributed by atoms with Crippen LogP contribution in [0.2, 0.25) is 0 Å². The number of ether oxygens (including phenoxy) is 1. The second-order valence-electron chi connectivity index (χ2n) is 7.11. The molecular weight excluding hydrogens is 426 g/mol. The summed E-state index contributed by atoms with van der Waals surface area (Å²) in [5.74, 6) is -2.90. The minimum atomic E-state index is -4.73. The molecule has 0 spiro atoms. The number of aliphatic hydroxyl groups is 1. The highest BCUT2D eigenvalue weighted by Gasteiger charge is 2.32. The number of carbonyl (C=O) groups is 1. The maximum absolute atomic E-state index is 15.1. The summed E-state index contributed by atoms with van der Waals surface area (Å²) in [7, 11) is 1.15. The lowest BCUT2D eigenvalue weighted by Gasteiger charge is -2.36. The molecule has 31 heavy (non-hydrogen) atoms. The number of hydrogen-bond donors (Lipinski definition) is 2. The zero-order valence-electron chi connectivity index (χ0n) is 16.6. The van der Waals surface area contributed by atoms with Crippen LogP contribution in [0.3, 0.4) is 0 Å². The molecular formula is C19H21F4N3O5. The van der Waals surface area contributed by atoms with Crippen molar-refractivity contribution in [3.05, 3.63) is 33.9 Å². The van der Waals surface area contributed by atoms with Gasteiger partial charge in [0.15, 0.2) is 11.6 Å². The number of pyridine rings is 1. The molecule has 2 aromatic rings. The summed E-state index contributed by atoms with van der Waals surface area (Å²) in [6.45, 7) is 0.404. The summed E-state index contributed by atoms with van der Waals surface area (Å²) in [6.07, 6.45) is -4.13. The number of benzene rings is 1. The number of hydrogen-bond acceptors (Lipinski definition) is 6. The molecule has 1 aromatic heterocycles. The molecule has 1 fully saturated rings. The van der Waals surface area contributed by atoms with Crippen LogP contribution in [-0.4, -0.2) is 78.3 Å². The first-order valence-electron chi connectivity index (χ1n) is 9.39. The summed E-state index contributed by atoms with van der Waals surface area (Å²) in [4.78, 5) is 27.5. The van der Waals surface area contributed by atoms with Gasteiger partial charge in [0.05, 0.1) is 24.6 Å². The number of aliphatic hydroxyl groups excluding tert-OH is 1. The van der Waals surface area contributed by atoms with E-state index in [1.807, 2.05) is 4.90 Å². The Kier molecular flexibility index (Phi) is 6.41. The zero-order valence-corrected chi connectivity index (χ0v) is 16.6. The smallest absolute Gasteiger partial charge is 0.406 e. The largest absolute Gasteiger partial charge is 0.492 e. The van der Waals surface area contributed by atoms with Crippen LogP contribution in [0.5, 0.6) is 5.75 Å². The second-order valence-corrected chi connectivity index (χ2v) is 7.11. The molecule has 0 saturated carbocycles. The molecule has 0 atom stereocenters. The van der Waals surface area contributed by atoms with Crippen molar-refractivity contribution in [2.24, 2.45) is 0 Å². The van der Waals surface area contributed by atoms with Crippen molar-refractivity contribution in [1.82, 2.24) is 9.47 Å². The first-order chi connectivity index (χ1) is 14.6. The molecule has 2 heterocycles. The van der Waals surface area contributed by atoms with Crippen molar-refractivity contribution in [3.8, 4) is 5.75 Å². The molecule has 1 aliphatic heterocycles. The third kappa shape index (κ3) is 4.59. The summed E-state index contributed by atoms with van der Waals surface area (Å²) >= 11 is 0. The number of β-amino-alcohol motifs (C(OH)–C–C–N with tert-alkyl or cyclic N) is 1. The minimum Gasteiger partial charge on any atom is -0.492 e. The molecule has 1 aliphatic rings. The van der Waals surface area contributed by atoms with Crippen molar-refractivity contribution in [2.45, 2.75) is 12.7 Å². The SMILES string of the molecule is COc1c(N2CCN(CCO)CC2)c(F)cc2c(=O)c(C(=O)O)cn(CC(F)(F)F)c12. The predicted octanol–water partition coefficient (Wildman–Crippen LogP) is 1.52. The summed E-state index contributed by atoms with van der Waals surface area (Å²) in [6, 6.07) is 0.759. The number of anilines is 1. The van der Waals surface area contributed by atoms with Gasteiger partial charge in [-0.15, -0.1) is 0 Å². The molecule has 0 bridgehead atoms. The van der Waals surface area contributed by atoms with Gasteiger partial charge in [0.2, 0.25) is 5.43 Å². The first-order valence-corrected chi connectivity index (χ1v) is 9.39. The van der Waals surface area contributed by atoms with E-state index >= 15 is 4.39 Å². The van der Waals surface area contributed by atoms with Crippen molar-refractivity contribution < 1.29 is 37.3 Å². The van der Waals surface area contributed by atoms with Crippen LogP contribution in [0.4, 0.5) is 23.2 Å². The maximum atomic E-state index is 15.1. The van der Waals surface area contributed by atoms with E-state index < -0.39 is 40.9 Å². The summed E-state index contributed by atoms with van der Waals surface area (Å²) < 4.78 is 60.5. The van der Waals surface area contributed by atoms with Gasteiger partial charge in [-0.25, -0.2) is 9.18 Å².